The first-order valence-electron chi connectivity index (χ1n) is 6.23. The monoisotopic (exact) mass is 326 g/mol. The lowest BCUT2D eigenvalue weighted by Gasteiger charge is -2.28. The molecule has 0 saturated heterocycles. The number of rotatable bonds is 4. The van der Waals surface area contributed by atoms with Crippen molar-refractivity contribution in [3.63, 3.8) is 0 Å². The van der Waals surface area contributed by atoms with Crippen molar-refractivity contribution in [2.24, 2.45) is 0 Å². The smallest absolute Gasteiger partial charge is 0.132 e. The molecule has 0 fully saturated rings. The fraction of sp³-hybridized carbons (Fsp3) is 0.357. The number of aryl methyl sites for hydroxylation is 1. The zero-order valence-corrected chi connectivity index (χ0v) is 12.5. The maximum Gasteiger partial charge on any atom is 0.132 e. The molecular weight excluding hydrogens is 311 g/mol. The topological polar surface area (TPSA) is 38.0 Å². The van der Waals surface area contributed by atoms with Crippen LogP contribution in [0.4, 0.5) is 4.39 Å². The summed E-state index contributed by atoms with van der Waals surface area (Å²) in [5.41, 5.74) is -0.0676. The van der Waals surface area contributed by atoms with E-state index in [1.807, 2.05) is 13.8 Å². The van der Waals surface area contributed by atoms with Crippen LogP contribution in [0.25, 0.3) is 0 Å². The number of halogens is 2. The average molecular weight is 327 g/mol. The molecule has 3 nitrogen and oxygen atoms in total. The zero-order chi connectivity index (χ0) is 14.0. The van der Waals surface area contributed by atoms with Gasteiger partial charge in [0.2, 0.25) is 0 Å². The van der Waals surface area contributed by atoms with Gasteiger partial charge >= 0.3 is 0 Å². The van der Waals surface area contributed by atoms with Crippen molar-refractivity contribution in [2.75, 3.05) is 0 Å². The van der Waals surface area contributed by atoms with Gasteiger partial charge in [-0.3, -0.25) is 4.68 Å². The molecule has 1 aromatic carbocycles. The van der Waals surface area contributed by atoms with E-state index in [-0.39, 0.29) is 5.82 Å². The Morgan fingerprint density at radius 3 is 2.74 bits per heavy atom. The predicted molar refractivity (Wildman–Crippen MR) is 75.3 cm³/mol. The molecule has 102 valence electrons. The number of hydrogen-bond acceptors (Lipinski definition) is 2. The summed E-state index contributed by atoms with van der Waals surface area (Å²) < 4.78 is 15.9. The van der Waals surface area contributed by atoms with Gasteiger partial charge in [-0.2, -0.15) is 5.10 Å². The largest absolute Gasteiger partial charge is 0.379 e. The minimum atomic E-state index is -1.26. The van der Waals surface area contributed by atoms with Crippen molar-refractivity contribution in [3.05, 3.63) is 52.0 Å². The standard InChI is InChI=1S/C14H16BrFN2O/c1-3-14(19,10-6-5-7-11(16)8-10)13-12(15)9-17-18(13)4-2/h5-9,19H,3-4H2,1-2H3. The molecular formula is C14H16BrFN2O. The summed E-state index contributed by atoms with van der Waals surface area (Å²) >= 11 is 3.41. The molecule has 2 aromatic rings. The Morgan fingerprint density at radius 1 is 1.42 bits per heavy atom. The van der Waals surface area contributed by atoms with Crippen molar-refractivity contribution in [2.45, 2.75) is 32.4 Å². The van der Waals surface area contributed by atoms with Gasteiger partial charge in [0.15, 0.2) is 0 Å². The number of aliphatic hydroxyl groups is 1. The van der Waals surface area contributed by atoms with E-state index >= 15 is 0 Å². The van der Waals surface area contributed by atoms with Crippen LogP contribution in [0.3, 0.4) is 0 Å². The molecule has 1 atom stereocenters. The van der Waals surface area contributed by atoms with Crippen molar-refractivity contribution < 1.29 is 9.50 Å². The normalized spacial score (nSPS) is 14.4. The molecule has 1 unspecified atom stereocenters. The summed E-state index contributed by atoms with van der Waals surface area (Å²) in [7, 11) is 0. The Labute approximate surface area is 120 Å². The predicted octanol–water partition coefficient (Wildman–Crippen LogP) is 3.45. The Hall–Kier alpha value is -1.20. The maximum atomic E-state index is 13.4. The van der Waals surface area contributed by atoms with Crippen LogP contribution in [0, 0.1) is 5.82 Å². The highest BCUT2D eigenvalue weighted by Gasteiger charge is 2.35. The van der Waals surface area contributed by atoms with Gasteiger partial charge in [0, 0.05) is 6.54 Å². The van der Waals surface area contributed by atoms with E-state index < -0.39 is 5.60 Å². The molecule has 1 N–H and O–H groups in total. The van der Waals surface area contributed by atoms with Crippen LogP contribution in [-0.4, -0.2) is 14.9 Å². The van der Waals surface area contributed by atoms with Gasteiger partial charge in [-0.1, -0.05) is 19.1 Å². The van der Waals surface area contributed by atoms with E-state index in [9.17, 15) is 9.50 Å². The van der Waals surface area contributed by atoms with Crippen LogP contribution in [0.1, 0.15) is 31.5 Å². The lowest BCUT2D eigenvalue weighted by atomic mass is 9.87. The number of hydrogen-bond donors (Lipinski definition) is 1. The second-order valence-electron chi connectivity index (χ2n) is 4.38. The minimum absolute atomic E-state index is 0.358. The molecule has 1 aromatic heterocycles. The van der Waals surface area contributed by atoms with Gasteiger partial charge < -0.3 is 5.11 Å². The molecule has 0 aliphatic carbocycles. The first-order chi connectivity index (χ1) is 9.02. The summed E-state index contributed by atoms with van der Waals surface area (Å²) in [4.78, 5) is 0. The highest BCUT2D eigenvalue weighted by Crippen LogP contribution is 2.37. The molecule has 0 spiro atoms. The number of nitrogens with zero attached hydrogens (tertiary/aromatic N) is 2. The van der Waals surface area contributed by atoms with Gasteiger partial charge in [-0.05, 0) is 47.0 Å². The van der Waals surface area contributed by atoms with Crippen LogP contribution in [0.2, 0.25) is 0 Å². The number of aromatic nitrogens is 2. The van der Waals surface area contributed by atoms with Gasteiger partial charge in [-0.15, -0.1) is 0 Å². The van der Waals surface area contributed by atoms with Crippen LogP contribution in [-0.2, 0) is 12.1 Å². The maximum absolute atomic E-state index is 13.4. The molecule has 0 aliphatic rings. The van der Waals surface area contributed by atoms with E-state index in [1.165, 1.54) is 12.1 Å². The third kappa shape index (κ3) is 2.44. The van der Waals surface area contributed by atoms with Crippen LogP contribution in [0.5, 0.6) is 0 Å². The summed E-state index contributed by atoms with van der Waals surface area (Å²) in [6, 6.07) is 6.06. The zero-order valence-electron chi connectivity index (χ0n) is 10.9. The van der Waals surface area contributed by atoms with Crippen molar-refractivity contribution in [3.8, 4) is 0 Å². The molecule has 5 heteroatoms. The van der Waals surface area contributed by atoms with E-state index in [4.69, 9.17) is 0 Å². The van der Waals surface area contributed by atoms with E-state index in [2.05, 4.69) is 21.0 Å². The molecule has 0 amide bonds. The van der Waals surface area contributed by atoms with Crippen LogP contribution >= 0.6 is 15.9 Å². The number of benzene rings is 1. The van der Waals surface area contributed by atoms with E-state index in [0.29, 0.717) is 24.2 Å². The Morgan fingerprint density at radius 2 is 2.16 bits per heavy atom. The quantitative estimate of drug-likeness (QED) is 0.934. The molecule has 1 heterocycles. The Kier molecular flexibility index (Phi) is 4.06. The molecule has 0 bridgehead atoms. The summed E-state index contributed by atoms with van der Waals surface area (Å²) in [5.74, 6) is -0.358. The highest BCUT2D eigenvalue weighted by molar-refractivity contribution is 9.10. The Balaban J connectivity index is 2.62. The molecule has 0 radical (unpaired) electrons. The summed E-state index contributed by atoms with van der Waals surface area (Å²) in [5, 5.41) is 15.2. The Bertz CT molecular complexity index is 585. The van der Waals surface area contributed by atoms with Crippen LogP contribution < -0.4 is 0 Å². The third-order valence-electron chi connectivity index (χ3n) is 3.30. The first kappa shape index (κ1) is 14.2. The van der Waals surface area contributed by atoms with Crippen molar-refractivity contribution >= 4 is 15.9 Å². The molecule has 19 heavy (non-hydrogen) atoms. The van der Waals surface area contributed by atoms with E-state index in [1.54, 1.807) is 23.0 Å². The van der Waals surface area contributed by atoms with Gasteiger partial charge in [0.05, 0.1) is 16.4 Å². The second-order valence-corrected chi connectivity index (χ2v) is 5.24. The average Bonchev–Trinajstić information content (AvgIpc) is 2.79. The molecule has 0 aliphatic heterocycles. The van der Waals surface area contributed by atoms with Crippen molar-refractivity contribution in [1.82, 2.24) is 9.78 Å². The SMILES string of the molecule is CCn1ncc(Br)c1C(O)(CC)c1cccc(F)c1. The highest BCUT2D eigenvalue weighted by atomic mass is 79.9. The van der Waals surface area contributed by atoms with Crippen molar-refractivity contribution in [1.29, 1.82) is 0 Å². The third-order valence-corrected chi connectivity index (χ3v) is 3.88. The summed E-state index contributed by atoms with van der Waals surface area (Å²) in [6.45, 7) is 4.45. The molecule has 0 saturated carbocycles. The molecule has 2 rings (SSSR count). The first-order valence-corrected chi connectivity index (χ1v) is 7.02. The lowest BCUT2D eigenvalue weighted by molar-refractivity contribution is 0.0656. The minimum Gasteiger partial charge on any atom is -0.379 e. The van der Waals surface area contributed by atoms with Gasteiger partial charge in [-0.25, -0.2) is 4.39 Å². The van der Waals surface area contributed by atoms with Gasteiger partial charge in [0.25, 0.3) is 0 Å². The fourth-order valence-corrected chi connectivity index (χ4v) is 2.89. The second kappa shape index (κ2) is 5.43. The van der Waals surface area contributed by atoms with Gasteiger partial charge in [0.1, 0.15) is 11.4 Å². The summed E-state index contributed by atoms with van der Waals surface area (Å²) in [6.07, 6.45) is 2.08. The van der Waals surface area contributed by atoms with E-state index in [0.717, 1.165) is 4.47 Å². The van der Waals surface area contributed by atoms with Crippen LogP contribution in [0.15, 0.2) is 34.9 Å². The lowest BCUT2D eigenvalue weighted by Crippen LogP contribution is -2.30. The fourth-order valence-electron chi connectivity index (χ4n) is 2.27.